The second-order valence-corrected chi connectivity index (χ2v) is 15.0. The normalized spacial score (nSPS) is 11.7. The van der Waals surface area contributed by atoms with Gasteiger partial charge in [0.15, 0.2) is 0 Å². The number of thiophene rings is 6. The van der Waals surface area contributed by atoms with Crippen molar-refractivity contribution >= 4 is 89.6 Å². The van der Waals surface area contributed by atoms with E-state index in [0.29, 0.717) is 0 Å². The SMILES string of the molecule is c1csc(-c2ccc(-c3sc(-c4sc(-c5ccc(-c6cccs6)s5)c5ccccc45)c4ccccc34)s2)c1. The minimum Gasteiger partial charge on any atom is -0.143 e. The Morgan fingerprint density at radius 3 is 1.08 bits per heavy atom. The van der Waals surface area contributed by atoms with Crippen LogP contribution >= 0.6 is 68.0 Å². The predicted octanol–water partition coefficient (Wildman–Crippen LogP) is 12.7. The molecule has 0 saturated heterocycles. The molecule has 182 valence electrons. The summed E-state index contributed by atoms with van der Waals surface area (Å²) >= 11 is 11.3. The molecular weight excluding hydrogens is 577 g/mol. The van der Waals surface area contributed by atoms with Gasteiger partial charge in [0.2, 0.25) is 0 Å². The second-order valence-electron chi connectivity index (χ2n) is 8.89. The average molecular weight is 595 g/mol. The molecule has 0 atom stereocenters. The van der Waals surface area contributed by atoms with Gasteiger partial charge in [-0.15, -0.1) is 68.0 Å². The van der Waals surface area contributed by atoms with Gasteiger partial charge in [0.1, 0.15) is 0 Å². The van der Waals surface area contributed by atoms with E-state index in [9.17, 15) is 0 Å². The quantitative estimate of drug-likeness (QED) is 0.186. The Labute approximate surface area is 244 Å². The molecule has 6 aromatic heterocycles. The van der Waals surface area contributed by atoms with Crippen LogP contribution in [0.2, 0.25) is 0 Å². The van der Waals surface area contributed by atoms with E-state index in [1.54, 1.807) is 0 Å². The molecule has 0 spiro atoms. The smallest absolute Gasteiger partial charge is 0.0534 e. The first-order chi connectivity index (χ1) is 18.8. The monoisotopic (exact) mass is 594 g/mol. The van der Waals surface area contributed by atoms with Gasteiger partial charge in [-0.3, -0.25) is 0 Å². The standard InChI is InChI=1S/C32H18S6/c1-3-9-21-19(7-1)29(27-15-13-25(35-27)23-11-5-17-33-23)37-31(21)32-22-10-4-2-8-20(22)30(38-32)28-16-14-26(36-28)24-12-6-18-34-24/h1-18H. The van der Waals surface area contributed by atoms with Crippen LogP contribution < -0.4 is 0 Å². The summed E-state index contributed by atoms with van der Waals surface area (Å²) in [5, 5.41) is 9.71. The van der Waals surface area contributed by atoms with Crippen LogP contribution in [-0.4, -0.2) is 0 Å². The molecule has 0 aliphatic carbocycles. The molecule has 0 unspecified atom stereocenters. The van der Waals surface area contributed by atoms with Crippen molar-refractivity contribution in [2.75, 3.05) is 0 Å². The summed E-state index contributed by atoms with van der Waals surface area (Å²) in [5.74, 6) is 0. The maximum absolute atomic E-state index is 2.30. The van der Waals surface area contributed by atoms with E-state index in [-0.39, 0.29) is 0 Å². The number of hydrogen-bond acceptors (Lipinski definition) is 6. The minimum atomic E-state index is 1.34. The average Bonchev–Trinajstić information content (AvgIpc) is 3.79. The highest BCUT2D eigenvalue weighted by Gasteiger charge is 2.21. The Morgan fingerprint density at radius 1 is 0.289 bits per heavy atom. The first-order valence-electron chi connectivity index (χ1n) is 12.1. The largest absolute Gasteiger partial charge is 0.143 e. The van der Waals surface area contributed by atoms with Crippen LogP contribution in [0.5, 0.6) is 0 Å². The summed E-state index contributed by atoms with van der Waals surface area (Å²) in [5.41, 5.74) is 0. The third kappa shape index (κ3) is 3.79. The fourth-order valence-electron chi connectivity index (χ4n) is 4.91. The first kappa shape index (κ1) is 23.1. The fraction of sp³-hybridized carbons (Fsp3) is 0. The number of hydrogen-bond donors (Lipinski definition) is 0. The Balaban J connectivity index is 1.30. The summed E-state index contributed by atoms with van der Waals surface area (Å²) in [7, 11) is 0. The van der Waals surface area contributed by atoms with E-state index >= 15 is 0 Å². The molecule has 6 heteroatoms. The Morgan fingerprint density at radius 2 is 0.684 bits per heavy atom. The molecule has 6 heterocycles. The van der Waals surface area contributed by atoms with Crippen LogP contribution in [-0.2, 0) is 0 Å². The van der Waals surface area contributed by atoms with Gasteiger partial charge >= 0.3 is 0 Å². The van der Waals surface area contributed by atoms with Crippen molar-refractivity contribution in [2.45, 2.75) is 0 Å². The van der Waals surface area contributed by atoms with Crippen molar-refractivity contribution in [1.82, 2.24) is 0 Å². The van der Waals surface area contributed by atoms with Gasteiger partial charge in [-0.2, -0.15) is 0 Å². The molecule has 2 aromatic carbocycles. The molecule has 0 amide bonds. The van der Waals surface area contributed by atoms with E-state index in [1.807, 2.05) is 68.0 Å². The summed E-state index contributed by atoms with van der Waals surface area (Å²) in [6.45, 7) is 0. The molecular formula is C32H18S6. The number of rotatable bonds is 5. The van der Waals surface area contributed by atoms with Crippen LogP contribution in [0, 0.1) is 0 Å². The number of benzene rings is 2. The van der Waals surface area contributed by atoms with Gasteiger partial charge in [0, 0.05) is 50.8 Å². The van der Waals surface area contributed by atoms with Crippen LogP contribution in [0.1, 0.15) is 0 Å². The Kier molecular flexibility index (Phi) is 5.72. The van der Waals surface area contributed by atoms with Crippen molar-refractivity contribution in [3.63, 3.8) is 0 Å². The van der Waals surface area contributed by atoms with E-state index in [0.717, 1.165) is 0 Å². The lowest BCUT2D eigenvalue weighted by molar-refractivity contribution is 1.82. The summed E-state index contributed by atoms with van der Waals surface area (Å²) < 4.78 is 0. The summed E-state index contributed by atoms with van der Waals surface area (Å²) in [6, 6.07) is 35.7. The molecule has 0 bridgehead atoms. The number of fused-ring (bicyclic) bond motifs is 2. The maximum Gasteiger partial charge on any atom is 0.0534 e. The zero-order chi connectivity index (χ0) is 25.1. The summed E-state index contributed by atoms with van der Waals surface area (Å²) in [6.07, 6.45) is 0. The fourth-order valence-corrected chi connectivity index (χ4v) is 11.6. The van der Waals surface area contributed by atoms with Crippen LogP contribution in [0.15, 0.2) is 108 Å². The predicted molar refractivity (Wildman–Crippen MR) is 176 cm³/mol. The molecule has 0 nitrogen and oxygen atoms in total. The van der Waals surface area contributed by atoms with Gasteiger partial charge in [-0.05, 0) is 47.2 Å². The van der Waals surface area contributed by atoms with Gasteiger partial charge < -0.3 is 0 Å². The van der Waals surface area contributed by atoms with Crippen molar-refractivity contribution in [3.8, 4) is 48.8 Å². The van der Waals surface area contributed by atoms with Crippen molar-refractivity contribution < 1.29 is 0 Å². The highest BCUT2D eigenvalue weighted by atomic mass is 32.1. The molecule has 0 N–H and O–H groups in total. The van der Waals surface area contributed by atoms with Crippen LogP contribution in [0.3, 0.4) is 0 Å². The molecule has 0 saturated carbocycles. The van der Waals surface area contributed by atoms with Crippen molar-refractivity contribution in [1.29, 1.82) is 0 Å². The van der Waals surface area contributed by atoms with E-state index in [4.69, 9.17) is 0 Å². The van der Waals surface area contributed by atoms with Crippen LogP contribution in [0.4, 0.5) is 0 Å². The Bertz CT molecular complexity index is 1870. The zero-order valence-electron chi connectivity index (χ0n) is 19.8. The lowest BCUT2D eigenvalue weighted by Crippen LogP contribution is -1.71. The third-order valence-corrected chi connectivity index (χ3v) is 13.9. The molecule has 0 aliphatic rings. The zero-order valence-corrected chi connectivity index (χ0v) is 24.7. The topological polar surface area (TPSA) is 0 Å². The Hall–Kier alpha value is -2.84. The van der Waals surface area contributed by atoms with E-state index < -0.39 is 0 Å². The van der Waals surface area contributed by atoms with Crippen LogP contribution in [0.25, 0.3) is 70.3 Å². The lowest BCUT2D eigenvalue weighted by Gasteiger charge is -1.97. The maximum atomic E-state index is 2.30. The van der Waals surface area contributed by atoms with Crippen molar-refractivity contribution in [2.24, 2.45) is 0 Å². The van der Waals surface area contributed by atoms with E-state index in [2.05, 4.69) is 108 Å². The van der Waals surface area contributed by atoms with E-state index in [1.165, 1.54) is 70.3 Å². The van der Waals surface area contributed by atoms with Gasteiger partial charge in [-0.1, -0.05) is 60.7 Å². The molecule has 8 rings (SSSR count). The first-order valence-corrected chi connectivity index (χ1v) is 17.2. The third-order valence-electron chi connectivity index (χ3n) is 6.63. The van der Waals surface area contributed by atoms with Gasteiger partial charge in [0.25, 0.3) is 0 Å². The molecule has 8 aromatic rings. The molecule has 0 fully saturated rings. The highest BCUT2D eigenvalue weighted by Crippen LogP contribution is 2.53. The lowest BCUT2D eigenvalue weighted by atomic mass is 10.1. The molecule has 38 heavy (non-hydrogen) atoms. The minimum absolute atomic E-state index is 1.34. The molecule has 0 radical (unpaired) electrons. The van der Waals surface area contributed by atoms with Gasteiger partial charge in [0.05, 0.1) is 19.5 Å². The second kappa shape index (κ2) is 9.42. The summed E-state index contributed by atoms with van der Waals surface area (Å²) in [4.78, 5) is 13.6. The van der Waals surface area contributed by atoms with Gasteiger partial charge in [-0.25, -0.2) is 0 Å². The van der Waals surface area contributed by atoms with Crippen molar-refractivity contribution in [3.05, 3.63) is 108 Å². The highest BCUT2D eigenvalue weighted by molar-refractivity contribution is 7.32. The molecule has 0 aliphatic heterocycles.